The number of rotatable bonds is 6. The predicted molar refractivity (Wildman–Crippen MR) is 114 cm³/mol. The van der Waals surface area contributed by atoms with Crippen molar-refractivity contribution in [3.8, 4) is 0 Å². The standard InChI is InChI=1S/C23H33N3O4/c1-15-19(23(29)30-3)16(2)25-20(15)22(28)26-13-7-10-18(14-26)21(27)24-12-11-17-8-5-4-6-9-17/h8,18,25H,4-7,9-14H2,1-3H3,(H,24,27)/t18-/m0/s1. The Balaban J connectivity index is 1.59. The molecule has 0 aromatic carbocycles. The largest absolute Gasteiger partial charge is 0.465 e. The molecular formula is C23H33N3O4. The van der Waals surface area contributed by atoms with Gasteiger partial charge in [0.2, 0.25) is 5.91 Å². The minimum atomic E-state index is -0.454. The van der Waals surface area contributed by atoms with E-state index in [-0.39, 0.29) is 17.7 Å². The van der Waals surface area contributed by atoms with E-state index in [2.05, 4.69) is 16.4 Å². The van der Waals surface area contributed by atoms with Gasteiger partial charge in [-0.2, -0.15) is 0 Å². The molecule has 30 heavy (non-hydrogen) atoms. The molecule has 164 valence electrons. The zero-order valence-electron chi connectivity index (χ0n) is 18.3. The number of hydrogen-bond donors (Lipinski definition) is 2. The van der Waals surface area contributed by atoms with Gasteiger partial charge in [0.25, 0.3) is 5.91 Å². The van der Waals surface area contributed by atoms with Crippen LogP contribution in [0.15, 0.2) is 11.6 Å². The van der Waals surface area contributed by atoms with Gasteiger partial charge in [0.1, 0.15) is 5.69 Å². The van der Waals surface area contributed by atoms with E-state index in [9.17, 15) is 14.4 Å². The first-order valence-electron chi connectivity index (χ1n) is 10.9. The van der Waals surface area contributed by atoms with E-state index < -0.39 is 5.97 Å². The molecule has 2 aliphatic rings. The Morgan fingerprint density at radius 2 is 2.03 bits per heavy atom. The molecule has 0 bridgehead atoms. The molecule has 1 aromatic heterocycles. The number of aromatic nitrogens is 1. The summed E-state index contributed by atoms with van der Waals surface area (Å²) in [7, 11) is 1.33. The maximum atomic E-state index is 13.1. The highest BCUT2D eigenvalue weighted by Gasteiger charge is 2.31. The first kappa shape index (κ1) is 22.1. The quantitative estimate of drug-likeness (QED) is 0.551. The number of methoxy groups -OCH3 is 1. The Morgan fingerprint density at radius 1 is 1.23 bits per heavy atom. The summed E-state index contributed by atoms with van der Waals surface area (Å²) in [5, 5.41) is 3.06. The van der Waals surface area contributed by atoms with E-state index in [0.717, 1.165) is 32.1 Å². The van der Waals surface area contributed by atoms with Gasteiger partial charge in [-0.05, 0) is 64.4 Å². The van der Waals surface area contributed by atoms with E-state index in [1.165, 1.54) is 25.5 Å². The number of allylic oxidation sites excluding steroid dienone is 1. The molecule has 1 atom stereocenters. The molecule has 3 rings (SSSR count). The van der Waals surface area contributed by atoms with Gasteiger partial charge in [0.05, 0.1) is 18.6 Å². The van der Waals surface area contributed by atoms with Gasteiger partial charge in [-0.1, -0.05) is 11.6 Å². The van der Waals surface area contributed by atoms with Crippen molar-refractivity contribution in [1.29, 1.82) is 0 Å². The number of nitrogens with zero attached hydrogens (tertiary/aromatic N) is 1. The van der Waals surface area contributed by atoms with Crippen molar-refractivity contribution in [2.24, 2.45) is 5.92 Å². The molecule has 1 aliphatic heterocycles. The fraction of sp³-hybridized carbons (Fsp3) is 0.609. The number of likely N-dealkylation sites (tertiary alicyclic amines) is 1. The average molecular weight is 416 g/mol. The normalized spacial score (nSPS) is 19.2. The van der Waals surface area contributed by atoms with Crippen molar-refractivity contribution >= 4 is 17.8 Å². The molecule has 1 aromatic rings. The molecule has 0 radical (unpaired) electrons. The summed E-state index contributed by atoms with van der Waals surface area (Å²) in [5.41, 5.74) is 3.46. The van der Waals surface area contributed by atoms with Gasteiger partial charge in [0, 0.05) is 25.3 Å². The number of ether oxygens (including phenoxy) is 1. The Hall–Kier alpha value is -2.57. The lowest BCUT2D eigenvalue weighted by Gasteiger charge is -2.32. The third kappa shape index (κ3) is 4.94. The molecule has 0 unspecified atom stereocenters. The van der Waals surface area contributed by atoms with E-state index in [1.807, 2.05) is 0 Å². The number of carbonyl (C=O) groups is 3. The molecule has 1 aliphatic carbocycles. The lowest BCUT2D eigenvalue weighted by molar-refractivity contribution is -0.126. The van der Waals surface area contributed by atoms with Crippen LogP contribution < -0.4 is 5.32 Å². The molecule has 7 heteroatoms. The maximum absolute atomic E-state index is 13.1. The van der Waals surface area contributed by atoms with Gasteiger partial charge < -0.3 is 19.9 Å². The minimum absolute atomic E-state index is 0.0264. The van der Waals surface area contributed by atoms with Crippen LogP contribution >= 0.6 is 0 Å². The van der Waals surface area contributed by atoms with Crippen LogP contribution in [0.4, 0.5) is 0 Å². The summed E-state index contributed by atoms with van der Waals surface area (Å²) in [6.07, 6.45) is 9.60. The summed E-state index contributed by atoms with van der Waals surface area (Å²) in [6.45, 7) is 5.17. The van der Waals surface area contributed by atoms with Gasteiger partial charge in [0.15, 0.2) is 0 Å². The van der Waals surface area contributed by atoms with E-state index in [1.54, 1.807) is 18.7 Å². The van der Waals surface area contributed by atoms with Crippen LogP contribution in [0.5, 0.6) is 0 Å². The number of hydrogen-bond acceptors (Lipinski definition) is 4. The summed E-state index contributed by atoms with van der Waals surface area (Å²) in [5.74, 6) is -0.794. The van der Waals surface area contributed by atoms with Crippen LogP contribution in [-0.2, 0) is 9.53 Å². The van der Waals surface area contributed by atoms with Crippen molar-refractivity contribution in [2.75, 3.05) is 26.7 Å². The smallest absolute Gasteiger partial charge is 0.339 e. The number of carbonyl (C=O) groups excluding carboxylic acids is 3. The molecule has 2 heterocycles. The van der Waals surface area contributed by atoms with Crippen LogP contribution in [-0.4, -0.2) is 54.4 Å². The molecule has 2 amide bonds. The first-order valence-corrected chi connectivity index (χ1v) is 10.9. The van der Waals surface area contributed by atoms with E-state index >= 15 is 0 Å². The number of aryl methyl sites for hydroxylation is 1. The number of H-pyrrole nitrogens is 1. The number of piperidine rings is 1. The second kappa shape index (κ2) is 9.96. The lowest BCUT2D eigenvalue weighted by atomic mass is 9.95. The van der Waals surface area contributed by atoms with Crippen LogP contribution in [0.3, 0.4) is 0 Å². The molecule has 7 nitrogen and oxygen atoms in total. The molecule has 2 N–H and O–H groups in total. The second-order valence-electron chi connectivity index (χ2n) is 8.36. The van der Waals surface area contributed by atoms with Crippen LogP contribution in [0.2, 0.25) is 0 Å². The molecule has 1 fully saturated rings. The Kier molecular flexibility index (Phi) is 7.34. The number of aromatic amines is 1. The highest BCUT2D eigenvalue weighted by Crippen LogP contribution is 2.24. The fourth-order valence-electron chi connectivity index (χ4n) is 4.53. The maximum Gasteiger partial charge on any atom is 0.339 e. The predicted octanol–water partition coefficient (Wildman–Crippen LogP) is 3.28. The summed E-state index contributed by atoms with van der Waals surface area (Å²) in [6, 6.07) is 0. The second-order valence-corrected chi connectivity index (χ2v) is 8.36. The SMILES string of the molecule is COC(=O)c1c(C)[nH]c(C(=O)N2CCC[C@H](C(=O)NCCC3=CCCCC3)C2)c1C. The third-order valence-corrected chi connectivity index (χ3v) is 6.25. The summed E-state index contributed by atoms with van der Waals surface area (Å²) >= 11 is 0. The van der Waals surface area contributed by atoms with Crippen molar-refractivity contribution in [3.05, 3.63) is 34.2 Å². The Bertz CT molecular complexity index is 840. The van der Waals surface area contributed by atoms with E-state index in [4.69, 9.17) is 4.74 Å². The van der Waals surface area contributed by atoms with Gasteiger partial charge in [-0.25, -0.2) is 4.79 Å². The molecule has 0 saturated carbocycles. The fourth-order valence-corrected chi connectivity index (χ4v) is 4.53. The number of amides is 2. The molecule has 1 saturated heterocycles. The van der Waals surface area contributed by atoms with E-state index in [0.29, 0.717) is 42.1 Å². The lowest BCUT2D eigenvalue weighted by Crippen LogP contribution is -2.45. The van der Waals surface area contributed by atoms with Gasteiger partial charge in [-0.3, -0.25) is 9.59 Å². The van der Waals surface area contributed by atoms with Crippen LogP contribution in [0, 0.1) is 19.8 Å². The minimum Gasteiger partial charge on any atom is -0.465 e. The van der Waals surface area contributed by atoms with Crippen molar-refractivity contribution in [2.45, 2.75) is 58.8 Å². The number of nitrogens with one attached hydrogen (secondary N) is 2. The monoisotopic (exact) mass is 415 g/mol. The third-order valence-electron chi connectivity index (χ3n) is 6.25. The van der Waals surface area contributed by atoms with Crippen molar-refractivity contribution in [3.63, 3.8) is 0 Å². The average Bonchev–Trinajstić information content (AvgIpc) is 3.07. The summed E-state index contributed by atoms with van der Waals surface area (Å²) in [4.78, 5) is 42.5. The first-order chi connectivity index (χ1) is 14.4. The van der Waals surface area contributed by atoms with Crippen LogP contribution in [0.25, 0.3) is 0 Å². The highest BCUT2D eigenvalue weighted by atomic mass is 16.5. The molecule has 0 spiro atoms. The van der Waals surface area contributed by atoms with Crippen LogP contribution in [0.1, 0.15) is 77.0 Å². The zero-order valence-corrected chi connectivity index (χ0v) is 18.3. The Morgan fingerprint density at radius 3 is 2.73 bits per heavy atom. The topological polar surface area (TPSA) is 91.5 Å². The number of esters is 1. The Labute approximate surface area is 178 Å². The zero-order chi connectivity index (χ0) is 21.7. The highest BCUT2D eigenvalue weighted by molar-refractivity contribution is 6.00. The molecular weight excluding hydrogens is 382 g/mol. The van der Waals surface area contributed by atoms with Crippen molar-refractivity contribution in [1.82, 2.24) is 15.2 Å². The van der Waals surface area contributed by atoms with Gasteiger partial charge >= 0.3 is 5.97 Å². The van der Waals surface area contributed by atoms with Crippen molar-refractivity contribution < 1.29 is 19.1 Å². The summed E-state index contributed by atoms with van der Waals surface area (Å²) < 4.78 is 4.83. The van der Waals surface area contributed by atoms with Gasteiger partial charge in [-0.15, -0.1) is 0 Å².